The number of rotatable bonds is 8. The molecule has 6 nitrogen and oxygen atoms in total. The maximum atomic E-state index is 14.3. The number of carbonyl (C=O) groups is 2. The third-order valence-electron chi connectivity index (χ3n) is 12.6. The van der Waals surface area contributed by atoms with Gasteiger partial charge in [-0.15, -0.1) is 5.73 Å². The number of carboxylic acids is 2. The average molecular weight is 789 g/mol. The predicted molar refractivity (Wildman–Crippen MR) is 231 cm³/mol. The van der Waals surface area contributed by atoms with Gasteiger partial charge in [0.15, 0.2) is 0 Å². The van der Waals surface area contributed by atoms with Gasteiger partial charge in [0.2, 0.25) is 0 Å². The van der Waals surface area contributed by atoms with Gasteiger partial charge in [-0.3, -0.25) is 0 Å². The van der Waals surface area contributed by atoms with Gasteiger partial charge >= 0.3 is 11.9 Å². The minimum atomic E-state index is -1.22. The molecule has 7 heteroatoms. The lowest BCUT2D eigenvalue weighted by molar-refractivity contribution is 0.0679. The lowest BCUT2D eigenvalue weighted by Crippen LogP contribution is -2.31. The largest absolute Gasteiger partial charge is 0.507 e. The van der Waals surface area contributed by atoms with Crippen LogP contribution in [0.2, 0.25) is 0 Å². The zero-order valence-corrected chi connectivity index (χ0v) is 34.1. The average Bonchev–Trinajstić information content (AvgIpc) is 3.50. The van der Waals surface area contributed by atoms with Gasteiger partial charge in [-0.1, -0.05) is 89.2 Å². The van der Waals surface area contributed by atoms with Gasteiger partial charge in [0.05, 0.1) is 6.61 Å². The topological polar surface area (TPSA) is 104 Å². The second-order valence-electron chi connectivity index (χ2n) is 18.0. The molecule has 4 aliphatic rings. The molecular formula is C52H49FO6. The normalized spacial score (nSPS) is 19.8. The van der Waals surface area contributed by atoms with Gasteiger partial charge < -0.3 is 20.1 Å². The molecule has 3 N–H and O–H groups in total. The van der Waals surface area contributed by atoms with Crippen LogP contribution in [-0.4, -0.2) is 33.9 Å². The molecule has 4 aromatic carbocycles. The summed E-state index contributed by atoms with van der Waals surface area (Å²) in [7, 11) is 0. The highest BCUT2D eigenvalue weighted by atomic mass is 19.1. The van der Waals surface area contributed by atoms with Crippen LogP contribution in [0.15, 0.2) is 121 Å². The number of aromatic carboxylic acids is 2. The summed E-state index contributed by atoms with van der Waals surface area (Å²) < 4.78 is 21.0. The first-order chi connectivity index (χ1) is 28.1. The number of hydrogen-bond donors (Lipinski definition) is 3. The molecule has 3 atom stereocenters. The maximum absolute atomic E-state index is 14.3. The maximum Gasteiger partial charge on any atom is 0.339 e. The second-order valence-corrected chi connectivity index (χ2v) is 18.0. The van der Waals surface area contributed by atoms with Crippen molar-refractivity contribution < 1.29 is 34.0 Å². The van der Waals surface area contributed by atoms with Crippen LogP contribution < -0.4 is 4.74 Å². The Balaban J connectivity index is 1.20. The number of fused-ring (bicyclic) bond motifs is 6. The van der Waals surface area contributed by atoms with Crippen LogP contribution in [0.4, 0.5) is 4.39 Å². The van der Waals surface area contributed by atoms with Crippen molar-refractivity contribution in [3.05, 3.63) is 171 Å². The fourth-order valence-electron chi connectivity index (χ4n) is 9.50. The molecule has 4 aliphatic carbocycles. The van der Waals surface area contributed by atoms with Gasteiger partial charge in [0.25, 0.3) is 0 Å². The lowest BCUT2D eigenvalue weighted by Gasteiger charge is -2.41. The highest BCUT2D eigenvalue weighted by Gasteiger charge is 2.40. The first-order valence-corrected chi connectivity index (χ1v) is 20.3. The summed E-state index contributed by atoms with van der Waals surface area (Å²) in [6.45, 7) is 10.8. The predicted octanol–water partition coefficient (Wildman–Crippen LogP) is 12.5. The van der Waals surface area contributed by atoms with Crippen molar-refractivity contribution in [2.75, 3.05) is 6.61 Å². The number of benzene rings is 4. The molecule has 0 radical (unpaired) electrons. The zero-order chi connectivity index (χ0) is 41.8. The molecule has 0 amide bonds. The standard InChI is InChI=1S/C52H49FO6/c1-51(2,3)46-24-35-18-17-34(32-15-10-16-36(53)21-32)23-38(35)40-28-48(44(50(57)58)26-42(40)46)59-29-52(4,5)45-20-19-31-13-9-14-33(30-11-7-6-8-12-30)22-37(31)39-27-47(54)43(49(55)56)25-41(39)45/h6-8,10-16,18,21-23,25-28,35,45-46,54H,9,19-20,24,29H2,1-5H3,(H,55,56)(H,57,58). The number of phenols is 1. The van der Waals surface area contributed by atoms with Crippen molar-refractivity contribution in [1.29, 1.82) is 0 Å². The van der Waals surface area contributed by atoms with E-state index in [2.05, 4.69) is 76.8 Å². The van der Waals surface area contributed by atoms with Crippen molar-refractivity contribution in [3.63, 3.8) is 0 Å². The van der Waals surface area contributed by atoms with E-state index in [0.29, 0.717) is 18.4 Å². The summed E-state index contributed by atoms with van der Waals surface area (Å²) in [6, 6.07) is 23.4. The Morgan fingerprint density at radius 1 is 0.814 bits per heavy atom. The number of carboxylic acid groups (broad SMARTS) is 2. The zero-order valence-electron chi connectivity index (χ0n) is 34.1. The number of allylic oxidation sites excluding steroid dienone is 9. The van der Waals surface area contributed by atoms with Gasteiger partial charge in [-0.05, 0) is 153 Å². The van der Waals surface area contributed by atoms with E-state index < -0.39 is 17.4 Å². The van der Waals surface area contributed by atoms with Gasteiger partial charge in [0, 0.05) is 16.9 Å². The van der Waals surface area contributed by atoms with Crippen LogP contribution in [0.3, 0.4) is 0 Å². The van der Waals surface area contributed by atoms with Crippen LogP contribution in [0.5, 0.6) is 11.5 Å². The van der Waals surface area contributed by atoms with Gasteiger partial charge in [0.1, 0.15) is 28.4 Å². The molecule has 0 saturated carbocycles. The van der Waals surface area contributed by atoms with Crippen LogP contribution in [-0.2, 0) is 0 Å². The first kappa shape index (κ1) is 39.6. The van der Waals surface area contributed by atoms with E-state index >= 15 is 0 Å². The van der Waals surface area contributed by atoms with E-state index in [-0.39, 0.29) is 58.2 Å². The molecule has 8 rings (SSSR count). The van der Waals surface area contributed by atoms with Crippen LogP contribution in [0.25, 0.3) is 22.3 Å². The van der Waals surface area contributed by atoms with Crippen molar-refractivity contribution in [1.82, 2.24) is 0 Å². The fraction of sp³-hybridized carbons (Fsp3) is 0.288. The summed E-state index contributed by atoms with van der Waals surface area (Å²) in [4.78, 5) is 25.5. The molecule has 300 valence electrons. The minimum Gasteiger partial charge on any atom is -0.507 e. The van der Waals surface area contributed by atoms with E-state index in [4.69, 9.17) is 4.74 Å². The van der Waals surface area contributed by atoms with E-state index in [9.17, 15) is 29.3 Å². The molecule has 0 spiro atoms. The van der Waals surface area contributed by atoms with Crippen molar-refractivity contribution in [2.24, 2.45) is 16.7 Å². The van der Waals surface area contributed by atoms with E-state index in [1.807, 2.05) is 36.4 Å². The molecule has 0 bridgehead atoms. The second kappa shape index (κ2) is 15.2. The Kier molecular flexibility index (Phi) is 10.2. The van der Waals surface area contributed by atoms with Crippen molar-refractivity contribution >= 4 is 34.2 Å². The Morgan fingerprint density at radius 2 is 1.53 bits per heavy atom. The van der Waals surface area contributed by atoms with Crippen LogP contribution >= 0.6 is 0 Å². The molecule has 4 aromatic rings. The number of hydrogen-bond acceptors (Lipinski definition) is 4. The first-order valence-electron chi connectivity index (χ1n) is 20.3. The quantitative estimate of drug-likeness (QED) is 0.154. The van der Waals surface area contributed by atoms with E-state index in [0.717, 1.165) is 68.5 Å². The highest BCUT2D eigenvalue weighted by molar-refractivity contribution is 5.97. The van der Waals surface area contributed by atoms with Gasteiger partial charge in [-0.2, -0.15) is 0 Å². The minimum absolute atomic E-state index is 0.0277. The van der Waals surface area contributed by atoms with Crippen molar-refractivity contribution in [3.8, 4) is 11.5 Å². The van der Waals surface area contributed by atoms with Crippen LogP contribution in [0, 0.1) is 22.6 Å². The molecule has 0 aromatic heterocycles. The molecule has 0 fully saturated rings. The molecule has 59 heavy (non-hydrogen) atoms. The highest BCUT2D eigenvalue weighted by Crippen LogP contribution is 2.54. The fourth-order valence-corrected chi connectivity index (χ4v) is 9.50. The Hall–Kier alpha value is -6.17. The summed E-state index contributed by atoms with van der Waals surface area (Å²) in [5, 5.41) is 31.9. The van der Waals surface area contributed by atoms with Gasteiger partial charge in [-0.25, -0.2) is 14.0 Å². The number of ether oxygens (including phenoxy) is 1. The monoisotopic (exact) mass is 788 g/mol. The smallest absolute Gasteiger partial charge is 0.339 e. The lowest BCUT2D eigenvalue weighted by atomic mass is 9.63. The molecule has 3 unspecified atom stereocenters. The summed E-state index contributed by atoms with van der Waals surface area (Å²) in [5.74, 6) is -2.82. The molecular weight excluding hydrogens is 740 g/mol. The van der Waals surface area contributed by atoms with Crippen LogP contribution in [0.1, 0.15) is 126 Å². The van der Waals surface area contributed by atoms with Crippen molar-refractivity contribution in [2.45, 2.75) is 72.1 Å². The Labute approximate surface area is 345 Å². The third-order valence-corrected chi connectivity index (χ3v) is 12.6. The SMILES string of the molecule is CC(C)(C)C1CC2C=C=C(c3cccc(F)c3)C=C2c2cc(OCC(C)(C)C3CCC4=CCC=C(c5ccccc5)C=C4c4cc(O)c(C(=O)O)cc43)c(C(=O)O)cc21. The molecule has 0 heterocycles. The summed E-state index contributed by atoms with van der Waals surface area (Å²) >= 11 is 0. The Morgan fingerprint density at radius 3 is 2.24 bits per heavy atom. The number of aromatic hydroxyl groups is 1. The summed E-state index contributed by atoms with van der Waals surface area (Å²) in [5.41, 5.74) is 12.6. The molecule has 0 saturated heterocycles. The molecule has 0 aliphatic heterocycles. The number of halogens is 1. The van der Waals surface area contributed by atoms with E-state index in [1.54, 1.807) is 24.3 Å². The van der Waals surface area contributed by atoms with E-state index in [1.165, 1.54) is 12.1 Å². The summed E-state index contributed by atoms with van der Waals surface area (Å²) in [6.07, 6.45) is 13.6. The third kappa shape index (κ3) is 7.64. The Bertz CT molecular complexity index is 2590.